The Morgan fingerprint density at radius 3 is 2.36 bits per heavy atom. The molecule has 3 aromatic heterocycles. The normalized spacial score (nSPS) is 11.3. The molecule has 42 heavy (non-hydrogen) atoms. The lowest BCUT2D eigenvalue weighted by molar-refractivity contribution is 0.0526. The summed E-state index contributed by atoms with van der Waals surface area (Å²) in [5.74, 6) is -1.16. The molecule has 0 fully saturated rings. The molecule has 11 nitrogen and oxygen atoms in total. The molecule has 0 bridgehead atoms. The standard InChI is InChI=1S/C28H23ClN6O5S2/c1-3-40-27(37)20-15(2)33-26-22(21(20)16-5-7-17(29)8-6-16)23(30)24(41-26)25(36)34-18-9-11-19(12-10-18)42(38,39)35-28-31-13-4-14-32-28/h4-14H,3,30H2,1-2H3,(H,34,36)(H,31,32,35). The number of nitrogens with zero attached hydrogens (tertiary/aromatic N) is 3. The van der Waals surface area contributed by atoms with E-state index in [2.05, 4.69) is 25.0 Å². The van der Waals surface area contributed by atoms with Crippen LogP contribution in [0.25, 0.3) is 21.3 Å². The van der Waals surface area contributed by atoms with Gasteiger partial charge in [-0.15, -0.1) is 11.3 Å². The SMILES string of the molecule is CCOC(=O)c1c(C)nc2sc(C(=O)Nc3ccc(S(=O)(=O)Nc4ncccn4)cc3)c(N)c2c1-c1ccc(Cl)cc1. The molecule has 0 saturated carbocycles. The lowest BCUT2D eigenvalue weighted by Crippen LogP contribution is -2.15. The van der Waals surface area contributed by atoms with Crippen molar-refractivity contribution < 1.29 is 22.7 Å². The minimum atomic E-state index is -3.95. The summed E-state index contributed by atoms with van der Waals surface area (Å²) >= 11 is 7.18. The van der Waals surface area contributed by atoms with Gasteiger partial charge in [0, 0.05) is 34.1 Å². The van der Waals surface area contributed by atoms with Gasteiger partial charge in [-0.05, 0) is 61.9 Å². The van der Waals surface area contributed by atoms with Gasteiger partial charge >= 0.3 is 5.97 Å². The third-order valence-electron chi connectivity index (χ3n) is 6.09. The minimum absolute atomic E-state index is 0.0481. The average molecular weight is 623 g/mol. The van der Waals surface area contributed by atoms with E-state index in [9.17, 15) is 18.0 Å². The molecule has 0 atom stereocenters. The lowest BCUT2D eigenvalue weighted by Gasteiger charge is -2.14. The molecule has 3 heterocycles. The number of rotatable bonds is 8. The van der Waals surface area contributed by atoms with Crippen molar-refractivity contribution in [1.29, 1.82) is 0 Å². The van der Waals surface area contributed by atoms with E-state index in [0.717, 1.165) is 11.3 Å². The second-order valence-electron chi connectivity index (χ2n) is 8.86. The fourth-order valence-electron chi connectivity index (χ4n) is 4.23. The van der Waals surface area contributed by atoms with E-state index in [1.54, 1.807) is 44.2 Å². The summed E-state index contributed by atoms with van der Waals surface area (Å²) in [5.41, 5.74) is 8.83. The van der Waals surface area contributed by atoms with Gasteiger partial charge in [0.2, 0.25) is 5.95 Å². The molecule has 0 saturated heterocycles. The highest BCUT2D eigenvalue weighted by atomic mass is 35.5. The molecule has 0 aliphatic carbocycles. The Bertz CT molecular complexity index is 1910. The summed E-state index contributed by atoms with van der Waals surface area (Å²) in [5, 5.41) is 3.70. The van der Waals surface area contributed by atoms with Crippen molar-refractivity contribution in [1.82, 2.24) is 15.0 Å². The van der Waals surface area contributed by atoms with Crippen LogP contribution in [0.2, 0.25) is 5.02 Å². The van der Waals surface area contributed by atoms with Gasteiger partial charge in [-0.2, -0.15) is 0 Å². The monoisotopic (exact) mass is 622 g/mol. The fraction of sp³-hybridized carbons (Fsp3) is 0.107. The summed E-state index contributed by atoms with van der Waals surface area (Å²) in [6, 6.07) is 14.0. The van der Waals surface area contributed by atoms with Crippen molar-refractivity contribution in [3.05, 3.63) is 88.1 Å². The second kappa shape index (κ2) is 11.7. The second-order valence-corrected chi connectivity index (χ2v) is 12.0. The van der Waals surface area contributed by atoms with Gasteiger partial charge < -0.3 is 15.8 Å². The topological polar surface area (TPSA) is 166 Å². The zero-order valence-electron chi connectivity index (χ0n) is 22.2. The molecule has 14 heteroatoms. The van der Waals surface area contributed by atoms with Gasteiger partial charge in [-0.25, -0.2) is 32.9 Å². The number of aromatic nitrogens is 3. The Balaban J connectivity index is 1.49. The summed E-state index contributed by atoms with van der Waals surface area (Å²) in [7, 11) is -3.95. The van der Waals surface area contributed by atoms with Crippen LogP contribution >= 0.6 is 22.9 Å². The zero-order valence-corrected chi connectivity index (χ0v) is 24.6. The number of halogens is 1. The van der Waals surface area contributed by atoms with Gasteiger partial charge in [-0.1, -0.05) is 23.7 Å². The Morgan fingerprint density at radius 1 is 1.05 bits per heavy atom. The lowest BCUT2D eigenvalue weighted by atomic mass is 9.95. The van der Waals surface area contributed by atoms with Crippen molar-refractivity contribution in [3.63, 3.8) is 0 Å². The van der Waals surface area contributed by atoms with Crippen LogP contribution in [0.1, 0.15) is 32.6 Å². The predicted molar refractivity (Wildman–Crippen MR) is 162 cm³/mol. The number of benzene rings is 2. The molecule has 0 aliphatic rings. The highest BCUT2D eigenvalue weighted by Gasteiger charge is 2.27. The maximum Gasteiger partial charge on any atom is 0.340 e. The number of nitrogen functional groups attached to an aromatic ring is 1. The van der Waals surface area contributed by atoms with Crippen molar-refractivity contribution in [2.45, 2.75) is 18.7 Å². The number of anilines is 3. The van der Waals surface area contributed by atoms with E-state index in [1.165, 1.54) is 36.7 Å². The Hall–Kier alpha value is -4.59. The van der Waals surface area contributed by atoms with Crippen molar-refractivity contribution in [2.75, 3.05) is 22.4 Å². The van der Waals surface area contributed by atoms with Crippen LogP contribution in [0.5, 0.6) is 0 Å². The van der Waals surface area contributed by atoms with Crippen LogP contribution in [0.4, 0.5) is 17.3 Å². The Labute approximate surface area is 249 Å². The van der Waals surface area contributed by atoms with Crippen LogP contribution in [-0.4, -0.2) is 41.9 Å². The summed E-state index contributed by atoms with van der Waals surface area (Å²) in [6.45, 7) is 3.56. The maximum atomic E-state index is 13.4. The van der Waals surface area contributed by atoms with Crippen molar-refractivity contribution >= 4 is 72.4 Å². The molecular formula is C28H23ClN6O5S2. The third-order valence-corrected chi connectivity index (χ3v) is 8.78. The van der Waals surface area contributed by atoms with Gasteiger partial charge in [0.15, 0.2) is 0 Å². The number of nitrogens with two attached hydrogens (primary N) is 1. The molecule has 214 valence electrons. The van der Waals surface area contributed by atoms with E-state index in [4.69, 9.17) is 22.1 Å². The van der Waals surface area contributed by atoms with Crippen LogP contribution in [0.15, 0.2) is 71.9 Å². The number of nitrogens with one attached hydrogen (secondary N) is 2. The van der Waals surface area contributed by atoms with E-state index >= 15 is 0 Å². The first-order chi connectivity index (χ1) is 20.1. The van der Waals surface area contributed by atoms with Crippen LogP contribution in [0, 0.1) is 6.92 Å². The number of ether oxygens (including phenoxy) is 1. The number of amides is 1. The predicted octanol–water partition coefficient (Wildman–Crippen LogP) is 5.53. The quantitative estimate of drug-likeness (QED) is 0.189. The molecular weight excluding hydrogens is 600 g/mol. The van der Waals surface area contributed by atoms with Crippen molar-refractivity contribution in [3.8, 4) is 11.1 Å². The molecule has 4 N–H and O–H groups in total. The molecule has 5 rings (SSSR count). The molecule has 0 spiro atoms. The maximum absolute atomic E-state index is 13.4. The van der Waals surface area contributed by atoms with Gasteiger partial charge in [0.25, 0.3) is 15.9 Å². The smallest absolute Gasteiger partial charge is 0.340 e. The molecule has 0 radical (unpaired) electrons. The van der Waals surface area contributed by atoms with Crippen LogP contribution in [0.3, 0.4) is 0 Å². The fourth-order valence-corrected chi connectivity index (χ4v) is 6.36. The highest BCUT2D eigenvalue weighted by molar-refractivity contribution is 7.92. The number of esters is 1. The number of aryl methyl sites for hydroxylation is 1. The average Bonchev–Trinajstić information content (AvgIpc) is 3.29. The van der Waals surface area contributed by atoms with Gasteiger partial charge in [0.1, 0.15) is 9.71 Å². The summed E-state index contributed by atoms with van der Waals surface area (Å²) < 4.78 is 32.9. The number of carbonyl (C=O) groups excluding carboxylic acids is 2. The van der Waals surface area contributed by atoms with E-state index in [1.807, 2.05) is 0 Å². The molecule has 1 amide bonds. The number of hydrogen-bond donors (Lipinski definition) is 3. The number of sulfonamides is 1. The first kappa shape index (κ1) is 28.9. The largest absolute Gasteiger partial charge is 0.462 e. The van der Waals surface area contributed by atoms with Crippen LogP contribution < -0.4 is 15.8 Å². The van der Waals surface area contributed by atoms with Gasteiger partial charge in [0.05, 0.1) is 28.4 Å². The Morgan fingerprint density at radius 2 is 1.71 bits per heavy atom. The Kier molecular flexibility index (Phi) is 8.07. The van der Waals surface area contributed by atoms with E-state index < -0.39 is 21.9 Å². The van der Waals surface area contributed by atoms with E-state index in [-0.39, 0.29) is 33.6 Å². The first-order valence-electron chi connectivity index (χ1n) is 12.5. The van der Waals surface area contributed by atoms with Crippen LogP contribution in [-0.2, 0) is 14.8 Å². The van der Waals surface area contributed by atoms with Crippen molar-refractivity contribution in [2.24, 2.45) is 0 Å². The van der Waals surface area contributed by atoms with Gasteiger partial charge in [-0.3, -0.25) is 4.79 Å². The zero-order chi connectivity index (χ0) is 30.0. The highest BCUT2D eigenvalue weighted by Crippen LogP contribution is 2.42. The number of carbonyl (C=O) groups is 2. The molecule has 0 aliphatic heterocycles. The van der Waals surface area contributed by atoms with E-state index in [0.29, 0.717) is 37.7 Å². The summed E-state index contributed by atoms with van der Waals surface area (Å²) in [4.78, 5) is 39.2. The number of thiophene rings is 1. The third kappa shape index (κ3) is 5.75. The first-order valence-corrected chi connectivity index (χ1v) is 15.1. The molecule has 0 unspecified atom stereocenters. The summed E-state index contributed by atoms with van der Waals surface area (Å²) in [6.07, 6.45) is 2.83. The molecule has 2 aromatic carbocycles. The minimum Gasteiger partial charge on any atom is -0.462 e. The number of pyridine rings is 1. The molecule has 5 aromatic rings. The number of hydrogen-bond acceptors (Lipinski definition) is 10. The number of fused-ring (bicyclic) bond motifs is 1.